The molecule has 31 heavy (non-hydrogen) atoms. The molecule has 2 heterocycles. The first kappa shape index (κ1) is 21.1. The highest BCUT2D eigenvalue weighted by Crippen LogP contribution is 2.33. The van der Waals surface area contributed by atoms with Gasteiger partial charge in [-0.3, -0.25) is 9.48 Å². The molecule has 3 N–H and O–H groups in total. The van der Waals surface area contributed by atoms with Gasteiger partial charge in [0, 0.05) is 16.5 Å². The van der Waals surface area contributed by atoms with Gasteiger partial charge in [0.1, 0.15) is 11.4 Å². The van der Waals surface area contributed by atoms with Crippen LogP contribution in [0.2, 0.25) is 0 Å². The lowest BCUT2D eigenvalue weighted by atomic mass is 9.93. The van der Waals surface area contributed by atoms with E-state index < -0.39 is 5.67 Å². The SMILES string of the molecule is CCC(=Nc1cnn(C2CCC2)c1)c1c(O)[nH]c2ccc(C(=O)NCC(C)(C)F)cc12. The first-order valence-corrected chi connectivity index (χ1v) is 10.7. The number of aromatic amines is 1. The Morgan fingerprint density at radius 3 is 2.84 bits per heavy atom. The molecule has 1 aromatic carbocycles. The van der Waals surface area contributed by atoms with Gasteiger partial charge in [0.25, 0.3) is 5.91 Å². The van der Waals surface area contributed by atoms with Crippen molar-refractivity contribution in [3.05, 3.63) is 41.7 Å². The first-order valence-electron chi connectivity index (χ1n) is 10.7. The number of amides is 1. The fraction of sp³-hybridized carbons (Fsp3) is 0.435. The van der Waals surface area contributed by atoms with Crippen molar-refractivity contribution >= 4 is 28.2 Å². The van der Waals surface area contributed by atoms with Crippen LogP contribution in [-0.2, 0) is 0 Å². The number of benzene rings is 1. The minimum atomic E-state index is -1.50. The van der Waals surface area contributed by atoms with Gasteiger partial charge in [-0.05, 0) is 57.7 Å². The van der Waals surface area contributed by atoms with Gasteiger partial charge < -0.3 is 15.4 Å². The molecule has 4 rings (SSSR count). The van der Waals surface area contributed by atoms with Crippen LogP contribution in [0.1, 0.15) is 68.4 Å². The number of nitrogens with one attached hydrogen (secondary N) is 2. The molecule has 1 saturated carbocycles. The molecule has 0 radical (unpaired) electrons. The van der Waals surface area contributed by atoms with E-state index in [-0.39, 0.29) is 18.3 Å². The third-order valence-electron chi connectivity index (χ3n) is 5.63. The maximum Gasteiger partial charge on any atom is 0.251 e. The van der Waals surface area contributed by atoms with Crippen molar-refractivity contribution in [3.8, 4) is 5.88 Å². The lowest BCUT2D eigenvalue weighted by molar-refractivity contribution is 0.0921. The number of carbonyl (C=O) groups excluding carboxylic acids is 1. The number of hydrogen-bond acceptors (Lipinski definition) is 4. The molecule has 164 valence electrons. The zero-order valence-electron chi connectivity index (χ0n) is 18.1. The molecule has 7 nitrogen and oxygen atoms in total. The van der Waals surface area contributed by atoms with Gasteiger partial charge in [-0.25, -0.2) is 9.38 Å². The monoisotopic (exact) mass is 425 g/mol. The van der Waals surface area contributed by atoms with E-state index in [1.807, 2.05) is 17.8 Å². The lowest BCUT2D eigenvalue weighted by Crippen LogP contribution is -2.35. The van der Waals surface area contributed by atoms with Crippen molar-refractivity contribution in [2.45, 2.75) is 58.2 Å². The maximum absolute atomic E-state index is 13.7. The Balaban J connectivity index is 1.67. The summed E-state index contributed by atoms with van der Waals surface area (Å²) in [5.74, 6) is -0.361. The number of carbonyl (C=O) groups is 1. The molecule has 1 amide bonds. The average Bonchev–Trinajstić information content (AvgIpc) is 3.25. The third kappa shape index (κ3) is 4.47. The predicted molar refractivity (Wildman–Crippen MR) is 119 cm³/mol. The number of aromatic hydroxyl groups is 1. The minimum absolute atomic E-state index is 0.00411. The van der Waals surface area contributed by atoms with Crippen molar-refractivity contribution < 1.29 is 14.3 Å². The van der Waals surface area contributed by atoms with E-state index in [4.69, 9.17) is 4.99 Å². The molecule has 0 unspecified atom stereocenters. The topological polar surface area (TPSA) is 95.3 Å². The summed E-state index contributed by atoms with van der Waals surface area (Å²) in [4.78, 5) is 20.2. The summed E-state index contributed by atoms with van der Waals surface area (Å²) in [6.07, 6.45) is 7.76. The summed E-state index contributed by atoms with van der Waals surface area (Å²) in [5.41, 5.74) is 1.58. The Labute approximate surface area is 180 Å². The molecular weight excluding hydrogens is 397 g/mol. The van der Waals surface area contributed by atoms with E-state index >= 15 is 0 Å². The number of halogens is 1. The normalized spacial score (nSPS) is 15.3. The second kappa shape index (κ2) is 8.17. The molecule has 0 spiro atoms. The number of fused-ring (bicyclic) bond motifs is 1. The number of aliphatic imine (C=N–C) groups is 1. The number of aromatic nitrogens is 3. The average molecular weight is 426 g/mol. The maximum atomic E-state index is 13.7. The molecular formula is C23H28FN5O2. The largest absolute Gasteiger partial charge is 0.494 e. The predicted octanol–water partition coefficient (Wildman–Crippen LogP) is 4.80. The number of nitrogens with zero attached hydrogens (tertiary/aromatic N) is 3. The number of rotatable bonds is 7. The number of hydrogen-bond donors (Lipinski definition) is 3. The summed E-state index contributed by atoms with van der Waals surface area (Å²) in [6, 6.07) is 5.53. The van der Waals surface area contributed by atoms with Crippen LogP contribution in [0.15, 0.2) is 35.6 Å². The van der Waals surface area contributed by atoms with Gasteiger partial charge in [0.05, 0.1) is 36.3 Å². The molecule has 1 aliphatic carbocycles. The molecule has 0 atom stereocenters. The first-order chi connectivity index (χ1) is 14.7. The van der Waals surface area contributed by atoms with E-state index in [9.17, 15) is 14.3 Å². The number of alkyl halides is 1. The van der Waals surface area contributed by atoms with Crippen LogP contribution >= 0.6 is 0 Å². The van der Waals surface area contributed by atoms with Crippen LogP contribution in [0.4, 0.5) is 10.1 Å². The molecule has 2 aromatic heterocycles. The van der Waals surface area contributed by atoms with Crippen molar-refractivity contribution in [1.82, 2.24) is 20.1 Å². The summed E-state index contributed by atoms with van der Waals surface area (Å²) in [5, 5.41) is 18.3. The Kier molecular flexibility index (Phi) is 5.56. The zero-order chi connectivity index (χ0) is 22.2. The van der Waals surface area contributed by atoms with Crippen LogP contribution in [0.3, 0.4) is 0 Å². The number of H-pyrrole nitrogens is 1. The van der Waals surface area contributed by atoms with E-state index in [0.29, 0.717) is 40.2 Å². The van der Waals surface area contributed by atoms with Gasteiger partial charge >= 0.3 is 0 Å². The van der Waals surface area contributed by atoms with E-state index in [2.05, 4.69) is 15.4 Å². The van der Waals surface area contributed by atoms with Crippen molar-refractivity contribution in [1.29, 1.82) is 0 Å². The quantitative estimate of drug-likeness (QED) is 0.474. The van der Waals surface area contributed by atoms with Crippen LogP contribution in [0.25, 0.3) is 10.9 Å². The second-order valence-electron chi connectivity index (χ2n) is 8.69. The minimum Gasteiger partial charge on any atom is -0.494 e. The molecule has 0 aliphatic heterocycles. The Hall–Kier alpha value is -3.16. The third-order valence-corrected chi connectivity index (χ3v) is 5.63. The summed E-state index contributed by atoms with van der Waals surface area (Å²) in [6.45, 7) is 4.71. The highest BCUT2D eigenvalue weighted by atomic mass is 19.1. The van der Waals surface area contributed by atoms with E-state index in [0.717, 1.165) is 18.5 Å². The van der Waals surface area contributed by atoms with Gasteiger partial charge in [-0.1, -0.05) is 6.92 Å². The van der Waals surface area contributed by atoms with E-state index in [1.165, 1.54) is 20.3 Å². The van der Waals surface area contributed by atoms with Crippen LogP contribution < -0.4 is 5.32 Å². The lowest BCUT2D eigenvalue weighted by Gasteiger charge is -2.25. The van der Waals surface area contributed by atoms with E-state index in [1.54, 1.807) is 24.4 Å². The standard InChI is InChI=1S/C23H28FN5O2/c1-4-18(27-15-11-26-29(12-15)16-6-5-7-16)20-17-10-14(8-9-19(17)28-22(20)31)21(30)25-13-23(2,3)24/h8-12,16,28,31H,4-7,13H2,1-3H3,(H,25,30). The van der Waals surface area contributed by atoms with Crippen LogP contribution in [0, 0.1) is 0 Å². The molecule has 0 bridgehead atoms. The van der Waals surface area contributed by atoms with Crippen LogP contribution in [-0.4, -0.2) is 43.7 Å². The van der Waals surface area contributed by atoms with Crippen molar-refractivity contribution in [3.63, 3.8) is 0 Å². The summed E-state index contributed by atoms with van der Waals surface area (Å²) in [7, 11) is 0. The van der Waals surface area contributed by atoms with Crippen molar-refractivity contribution in [2.75, 3.05) is 6.54 Å². The fourth-order valence-corrected chi connectivity index (χ4v) is 3.71. The molecule has 3 aromatic rings. The van der Waals surface area contributed by atoms with Gasteiger partial charge in [-0.2, -0.15) is 5.10 Å². The smallest absolute Gasteiger partial charge is 0.251 e. The van der Waals surface area contributed by atoms with Gasteiger partial charge in [0.2, 0.25) is 0 Å². The van der Waals surface area contributed by atoms with Gasteiger partial charge in [-0.15, -0.1) is 0 Å². The van der Waals surface area contributed by atoms with Gasteiger partial charge in [0.15, 0.2) is 5.88 Å². The molecule has 0 saturated heterocycles. The van der Waals surface area contributed by atoms with Crippen LogP contribution in [0.5, 0.6) is 5.88 Å². The van der Waals surface area contributed by atoms with Crippen molar-refractivity contribution in [2.24, 2.45) is 4.99 Å². The summed E-state index contributed by atoms with van der Waals surface area (Å²) >= 11 is 0. The Bertz CT molecular complexity index is 1130. The highest BCUT2D eigenvalue weighted by molar-refractivity contribution is 6.14. The molecule has 8 heteroatoms. The highest BCUT2D eigenvalue weighted by Gasteiger charge is 2.22. The Morgan fingerprint density at radius 1 is 1.42 bits per heavy atom. The Morgan fingerprint density at radius 2 is 2.19 bits per heavy atom. The zero-order valence-corrected chi connectivity index (χ0v) is 18.1. The fourth-order valence-electron chi connectivity index (χ4n) is 3.71. The molecule has 1 fully saturated rings. The molecule has 1 aliphatic rings. The second-order valence-corrected chi connectivity index (χ2v) is 8.69. The summed E-state index contributed by atoms with van der Waals surface area (Å²) < 4.78 is 15.7.